The Hall–Kier alpha value is -1.95. The Morgan fingerprint density at radius 2 is 1.91 bits per heavy atom. The van der Waals surface area contributed by atoms with Gasteiger partial charge in [-0.25, -0.2) is 4.79 Å². The number of amides is 2. The van der Waals surface area contributed by atoms with Crippen LogP contribution < -0.4 is 10.1 Å². The molecule has 1 aromatic rings. The van der Waals surface area contributed by atoms with Crippen molar-refractivity contribution < 1.29 is 19.4 Å². The highest BCUT2D eigenvalue weighted by molar-refractivity contribution is 6.30. The molecule has 1 rings (SSSR count). The summed E-state index contributed by atoms with van der Waals surface area (Å²) in [4.78, 5) is 24.0. The fraction of sp³-hybridized carbons (Fsp3) is 0.467. The van der Waals surface area contributed by atoms with Crippen molar-refractivity contribution in [3.8, 4) is 5.75 Å². The molecule has 0 aliphatic carbocycles. The fourth-order valence-corrected chi connectivity index (χ4v) is 1.85. The molecular formula is C15H21ClN2O4. The first-order valence-electron chi connectivity index (χ1n) is 6.93. The van der Waals surface area contributed by atoms with Gasteiger partial charge in [-0.3, -0.25) is 4.79 Å². The predicted octanol–water partition coefficient (Wildman–Crippen LogP) is 2.47. The number of urea groups is 1. The summed E-state index contributed by atoms with van der Waals surface area (Å²) >= 11 is 5.79. The van der Waals surface area contributed by atoms with Gasteiger partial charge in [-0.1, -0.05) is 18.5 Å². The maximum Gasteiger partial charge on any atom is 0.317 e. The summed E-state index contributed by atoms with van der Waals surface area (Å²) in [5.74, 6) is -0.878. The van der Waals surface area contributed by atoms with Crippen molar-refractivity contribution in [1.82, 2.24) is 10.2 Å². The second kappa shape index (κ2) is 8.48. The van der Waals surface area contributed by atoms with Crippen molar-refractivity contribution in [2.45, 2.75) is 20.0 Å². The summed E-state index contributed by atoms with van der Waals surface area (Å²) in [6.45, 7) is 3.84. The highest BCUT2D eigenvalue weighted by Gasteiger charge is 2.17. The van der Waals surface area contributed by atoms with Crippen molar-refractivity contribution in [3.63, 3.8) is 0 Å². The van der Waals surface area contributed by atoms with Crippen LogP contribution in [0.25, 0.3) is 0 Å². The van der Waals surface area contributed by atoms with Crippen LogP contribution in [-0.2, 0) is 4.79 Å². The number of carboxylic acids is 1. The summed E-state index contributed by atoms with van der Waals surface area (Å²) in [5.41, 5.74) is 0. The van der Waals surface area contributed by atoms with Crippen LogP contribution in [0.2, 0.25) is 5.02 Å². The number of hydrogen-bond acceptors (Lipinski definition) is 3. The summed E-state index contributed by atoms with van der Waals surface area (Å²) in [5, 5.41) is 12.2. The smallest absolute Gasteiger partial charge is 0.317 e. The van der Waals surface area contributed by atoms with Crippen LogP contribution in [0.5, 0.6) is 5.75 Å². The van der Waals surface area contributed by atoms with E-state index in [1.54, 1.807) is 38.2 Å². The summed E-state index contributed by atoms with van der Waals surface area (Å²) in [6.07, 6.45) is -0.226. The van der Waals surface area contributed by atoms with E-state index in [1.807, 2.05) is 6.92 Å². The summed E-state index contributed by atoms with van der Waals surface area (Å²) in [7, 11) is 1.56. The molecule has 122 valence electrons. The maximum atomic E-state index is 11.9. The van der Waals surface area contributed by atoms with Gasteiger partial charge in [-0.2, -0.15) is 0 Å². The van der Waals surface area contributed by atoms with E-state index in [-0.39, 0.29) is 18.7 Å². The Bertz CT molecular complexity index is 507. The van der Waals surface area contributed by atoms with Crippen LogP contribution in [0.15, 0.2) is 24.3 Å². The molecule has 0 aliphatic heterocycles. The average molecular weight is 329 g/mol. The third kappa shape index (κ3) is 6.22. The number of hydrogen-bond donors (Lipinski definition) is 2. The van der Waals surface area contributed by atoms with E-state index in [9.17, 15) is 9.59 Å². The standard InChI is InChI=1S/C15H21ClN2O4/c1-10(14(19)20)9-18(3)15(21)17-8-11(2)22-13-6-4-12(16)5-7-13/h4-7,10-11H,8-9H2,1-3H3,(H,17,21)(H,19,20). The monoisotopic (exact) mass is 328 g/mol. The molecule has 1 aromatic carbocycles. The Kier molecular flexibility index (Phi) is 6.98. The highest BCUT2D eigenvalue weighted by atomic mass is 35.5. The molecule has 2 N–H and O–H groups in total. The van der Waals surface area contributed by atoms with Gasteiger partial charge in [-0.15, -0.1) is 0 Å². The molecule has 0 saturated carbocycles. The molecule has 0 bridgehead atoms. The van der Waals surface area contributed by atoms with Crippen molar-refractivity contribution in [1.29, 1.82) is 0 Å². The van der Waals surface area contributed by atoms with Crippen LogP contribution in [0.1, 0.15) is 13.8 Å². The van der Waals surface area contributed by atoms with Gasteiger partial charge in [-0.05, 0) is 31.2 Å². The molecule has 0 aromatic heterocycles. The van der Waals surface area contributed by atoms with E-state index in [0.717, 1.165) is 0 Å². The predicted molar refractivity (Wildman–Crippen MR) is 84.4 cm³/mol. The topological polar surface area (TPSA) is 78.9 Å². The zero-order valence-corrected chi connectivity index (χ0v) is 13.6. The van der Waals surface area contributed by atoms with Gasteiger partial charge in [0, 0.05) is 18.6 Å². The van der Waals surface area contributed by atoms with Crippen molar-refractivity contribution in [2.24, 2.45) is 5.92 Å². The fourth-order valence-electron chi connectivity index (χ4n) is 1.72. The van der Waals surface area contributed by atoms with E-state index in [4.69, 9.17) is 21.4 Å². The summed E-state index contributed by atoms with van der Waals surface area (Å²) < 4.78 is 5.63. The lowest BCUT2D eigenvalue weighted by molar-refractivity contribution is -0.141. The number of carbonyl (C=O) groups excluding carboxylic acids is 1. The number of nitrogens with one attached hydrogen (secondary N) is 1. The number of rotatable bonds is 7. The van der Waals surface area contributed by atoms with E-state index >= 15 is 0 Å². The minimum Gasteiger partial charge on any atom is -0.489 e. The van der Waals surface area contributed by atoms with Crippen molar-refractivity contribution in [3.05, 3.63) is 29.3 Å². The van der Waals surface area contributed by atoms with E-state index in [0.29, 0.717) is 17.3 Å². The number of halogens is 1. The van der Waals surface area contributed by atoms with E-state index in [2.05, 4.69) is 5.32 Å². The first-order chi connectivity index (χ1) is 10.3. The van der Waals surface area contributed by atoms with Gasteiger partial charge < -0.3 is 20.1 Å². The first-order valence-corrected chi connectivity index (χ1v) is 7.31. The van der Waals surface area contributed by atoms with Crippen molar-refractivity contribution in [2.75, 3.05) is 20.1 Å². The molecule has 0 aliphatic rings. The van der Waals surface area contributed by atoms with Crippen LogP contribution >= 0.6 is 11.6 Å². The molecule has 7 heteroatoms. The largest absolute Gasteiger partial charge is 0.489 e. The number of nitrogens with zero attached hydrogens (tertiary/aromatic N) is 1. The molecule has 0 radical (unpaired) electrons. The molecule has 2 atom stereocenters. The second-order valence-electron chi connectivity index (χ2n) is 5.19. The average Bonchev–Trinajstić information content (AvgIpc) is 2.46. The number of carbonyl (C=O) groups is 2. The van der Waals surface area contributed by atoms with Gasteiger partial charge in [0.1, 0.15) is 11.9 Å². The van der Waals surface area contributed by atoms with Gasteiger partial charge >= 0.3 is 12.0 Å². The van der Waals surface area contributed by atoms with Gasteiger partial charge in [0.25, 0.3) is 0 Å². The number of benzene rings is 1. The molecule has 0 spiro atoms. The third-order valence-corrected chi connectivity index (χ3v) is 3.26. The molecule has 0 heterocycles. The van der Waals surface area contributed by atoms with E-state index in [1.165, 1.54) is 4.90 Å². The Morgan fingerprint density at radius 1 is 1.32 bits per heavy atom. The Balaban J connectivity index is 2.36. The normalized spacial score (nSPS) is 13.1. The highest BCUT2D eigenvalue weighted by Crippen LogP contribution is 2.16. The zero-order valence-electron chi connectivity index (χ0n) is 12.9. The molecule has 0 fully saturated rings. The third-order valence-electron chi connectivity index (χ3n) is 3.01. The van der Waals surface area contributed by atoms with Crippen LogP contribution in [0, 0.1) is 5.92 Å². The minimum atomic E-state index is -0.931. The molecule has 0 saturated heterocycles. The Labute approximate surface area is 135 Å². The lowest BCUT2D eigenvalue weighted by Crippen LogP contribution is -2.43. The van der Waals surface area contributed by atoms with Gasteiger partial charge in [0.05, 0.1) is 12.5 Å². The van der Waals surface area contributed by atoms with Gasteiger partial charge in [0.15, 0.2) is 0 Å². The quantitative estimate of drug-likeness (QED) is 0.806. The van der Waals surface area contributed by atoms with Crippen LogP contribution in [0.4, 0.5) is 4.79 Å². The number of aliphatic carboxylic acids is 1. The second-order valence-corrected chi connectivity index (χ2v) is 5.62. The lowest BCUT2D eigenvalue weighted by Gasteiger charge is -2.21. The van der Waals surface area contributed by atoms with Crippen LogP contribution in [0.3, 0.4) is 0 Å². The molecule has 6 nitrogen and oxygen atoms in total. The molecule has 2 unspecified atom stereocenters. The van der Waals surface area contributed by atoms with E-state index < -0.39 is 11.9 Å². The van der Waals surface area contributed by atoms with Crippen molar-refractivity contribution >= 4 is 23.6 Å². The maximum absolute atomic E-state index is 11.9. The van der Waals surface area contributed by atoms with Crippen LogP contribution in [-0.4, -0.2) is 48.2 Å². The first kappa shape index (κ1) is 18.1. The molecule has 22 heavy (non-hydrogen) atoms. The Morgan fingerprint density at radius 3 is 2.45 bits per heavy atom. The summed E-state index contributed by atoms with van der Waals surface area (Å²) in [6, 6.07) is 6.62. The number of ether oxygens (including phenoxy) is 1. The number of carboxylic acid groups (broad SMARTS) is 1. The lowest BCUT2D eigenvalue weighted by atomic mass is 10.2. The zero-order chi connectivity index (χ0) is 16.7. The van der Waals surface area contributed by atoms with Gasteiger partial charge in [0.2, 0.25) is 0 Å². The minimum absolute atomic E-state index is 0.146. The molecular weight excluding hydrogens is 308 g/mol. The SMILES string of the molecule is CC(CNC(=O)N(C)CC(C)C(=O)O)Oc1ccc(Cl)cc1. The molecule has 2 amide bonds.